The summed E-state index contributed by atoms with van der Waals surface area (Å²) in [6, 6.07) is 3.64. The van der Waals surface area contributed by atoms with Crippen molar-refractivity contribution in [1.29, 1.82) is 0 Å². The number of imide groups is 1. The molecule has 94 valence electrons. The van der Waals surface area contributed by atoms with E-state index in [0.29, 0.717) is 5.69 Å². The second kappa shape index (κ2) is 3.81. The van der Waals surface area contributed by atoms with Crippen molar-refractivity contribution >= 4 is 23.5 Å². The molecule has 1 atom stereocenters. The average Bonchev–Trinajstić information content (AvgIpc) is 2.52. The quantitative estimate of drug-likeness (QED) is 0.493. The molecule has 1 aliphatic heterocycles. The first-order chi connectivity index (χ1) is 8.35. The molecule has 5 N–H and O–H groups in total. The Labute approximate surface area is 102 Å². The van der Waals surface area contributed by atoms with E-state index in [1.165, 1.54) is 6.07 Å². The van der Waals surface area contributed by atoms with Gasteiger partial charge in [0.1, 0.15) is 0 Å². The Bertz CT molecular complexity index is 569. The predicted molar refractivity (Wildman–Crippen MR) is 61.4 cm³/mol. The van der Waals surface area contributed by atoms with Crippen LogP contribution in [0.4, 0.5) is 10.5 Å². The van der Waals surface area contributed by atoms with E-state index >= 15 is 0 Å². The minimum atomic E-state index is -2.43. The van der Waals surface area contributed by atoms with Crippen LogP contribution in [0.15, 0.2) is 18.2 Å². The van der Waals surface area contributed by atoms with Gasteiger partial charge < -0.3 is 16.2 Å². The van der Waals surface area contributed by atoms with Crippen LogP contribution in [0.2, 0.25) is 0 Å². The molecule has 7 nitrogen and oxygen atoms in total. The van der Waals surface area contributed by atoms with Crippen LogP contribution in [0.25, 0.3) is 0 Å². The van der Waals surface area contributed by atoms with Crippen LogP contribution >= 0.6 is 0 Å². The van der Waals surface area contributed by atoms with Crippen molar-refractivity contribution in [2.24, 2.45) is 5.73 Å². The van der Waals surface area contributed by atoms with Gasteiger partial charge in [-0.2, -0.15) is 0 Å². The third-order valence-corrected chi connectivity index (χ3v) is 2.71. The highest BCUT2D eigenvalue weighted by molar-refractivity contribution is 6.21. The molecule has 0 unspecified atom stereocenters. The fraction of sp³-hybridized carbons (Fsp3) is 0.182. The lowest BCUT2D eigenvalue weighted by Gasteiger charge is -2.18. The summed E-state index contributed by atoms with van der Waals surface area (Å²) in [4.78, 5) is 34.1. The predicted octanol–water partition coefficient (Wildman–Crippen LogP) is -0.670. The Kier molecular flexibility index (Phi) is 2.55. The van der Waals surface area contributed by atoms with E-state index in [1.807, 2.05) is 0 Å². The molecule has 1 aromatic rings. The average molecular weight is 249 g/mol. The van der Waals surface area contributed by atoms with Crippen molar-refractivity contribution in [3.8, 4) is 0 Å². The van der Waals surface area contributed by atoms with Gasteiger partial charge in [0.2, 0.25) is 0 Å². The van der Waals surface area contributed by atoms with Crippen molar-refractivity contribution in [1.82, 2.24) is 5.32 Å². The van der Waals surface area contributed by atoms with Gasteiger partial charge in [0, 0.05) is 11.3 Å². The van der Waals surface area contributed by atoms with Gasteiger partial charge in [0.05, 0.1) is 0 Å². The fourth-order valence-corrected chi connectivity index (χ4v) is 1.83. The second-order valence-electron chi connectivity index (χ2n) is 4.03. The number of carbonyl (C=O) groups is 3. The zero-order chi connectivity index (χ0) is 13.5. The summed E-state index contributed by atoms with van der Waals surface area (Å²) in [5.41, 5.74) is 3.56. The normalized spacial score (nSPS) is 21.1. The summed E-state index contributed by atoms with van der Waals surface area (Å²) in [6.45, 7) is 1.75. The van der Waals surface area contributed by atoms with Crippen LogP contribution in [0.3, 0.4) is 0 Å². The van der Waals surface area contributed by atoms with Crippen molar-refractivity contribution in [3.63, 3.8) is 0 Å². The van der Waals surface area contributed by atoms with Crippen LogP contribution in [0.5, 0.6) is 0 Å². The number of nitrogens with one attached hydrogen (secondary N) is 2. The summed E-state index contributed by atoms with van der Waals surface area (Å²) in [5, 5.41) is 14.3. The number of benzene rings is 1. The van der Waals surface area contributed by atoms with E-state index < -0.39 is 23.4 Å². The molecule has 1 aromatic carbocycles. The van der Waals surface area contributed by atoms with Gasteiger partial charge in [0.25, 0.3) is 17.4 Å². The second-order valence-corrected chi connectivity index (χ2v) is 4.03. The lowest BCUT2D eigenvalue weighted by Crippen LogP contribution is -2.52. The lowest BCUT2D eigenvalue weighted by atomic mass is 9.93. The Morgan fingerprint density at radius 3 is 2.72 bits per heavy atom. The highest BCUT2D eigenvalue weighted by atomic mass is 16.3. The van der Waals surface area contributed by atoms with Crippen LogP contribution in [-0.4, -0.2) is 23.0 Å². The number of hydrogen-bond donors (Lipinski definition) is 4. The third-order valence-electron chi connectivity index (χ3n) is 2.71. The maximum absolute atomic E-state index is 11.7. The standard InChI is InChI=1S/C11H11N3O4/c1-5-2-3-7-6(4-5)11(18,8(15)13-7)9(16)14-10(12)17/h2-4,18H,1H3,(H,13,15)(H3,12,14,16,17)/t11-/m0/s1. The van der Waals surface area contributed by atoms with E-state index in [2.05, 4.69) is 5.32 Å². The van der Waals surface area contributed by atoms with Gasteiger partial charge in [-0.25, -0.2) is 4.79 Å². The molecule has 1 heterocycles. The maximum Gasteiger partial charge on any atom is 0.318 e. The highest BCUT2D eigenvalue weighted by Gasteiger charge is 2.52. The van der Waals surface area contributed by atoms with Gasteiger partial charge in [0.15, 0.2) is 0 Å². The molecule has 18 heavy (non-hydrogen) atoms. The summed E-state index contributed by atoms with van der Waals surface area (Å²) < 4.78 is 0. The largest absolute Gasteiger partial charge is 0.368 e. The molecular weight excluding hydrogens is 238 g/mol. The molecule has 0 saturated carbocycles. The Hall–Kier alpha value is -2.41. The van der Waals surface area contributed by atoms with Crippen LogP contribution in [0, 0.1) is 6.92 Å². The van der Waals surface area contributed by atoms with Crippen LogP contribution in [-0.2, 0) is 15.2 Å². The molecule has 0 aromatic heterocycles. The number of aliphatic hydroxyl groups is 1. The molecular formula is C11H11N3O4. The van der Waals surface area contributed by atoms with E-state index in [4.69, 9.17) is 5.73 Å². The zero-order valence-corrected chi connectivity index (χ0v) is 9.48. The van der Waals surface area contributed by atoms with E-state index in [0.717, 1.165) is 5.56 Å². The summed E-state index contributed by atoms with van der Waals surface area (Å²) in [7, 11) is 0. The molecule has 2 rings (SSSR count). The molecule has 1 aliphatic rings. The number of nitrogens with two attached hydrogens (primary N) is 1. The third kappa shape index (κ3) is 1.61. The number of primary amides is 1. The summed E-state index contributed by atoms with van der Waals surface area (Å²) in [5.74, 6) is -2.08. The smallest absolute Gasteiger partial charge is 0.318 e. The first kappa shape index (κ1) is 12.1. The molecule has 0 radical (unpaired) electrons. The van der Waals surface area contributed by atoms with Crippen LogP contribution < -0.4 is 16.4 Å². The molecule has 0 fully saturated rings. The van der Waals surface area contributed by atoms with Crippen molar-refractivity contribution < 1.29 is 19.5 Å². The lowest BCUT2D eigenvalue weighted by molar-refractivity contribution is -0.149. The molecule has 0 saturated heterocycles. The minimum Gasteiger partial charge on any atom is -0.368 e. The number of anilines is 1. The SMILES string of the molecule is Cc1ccc2c(c1)[C@@](O)(C(=O)NC(N)=O)C(=O)N2. The Morgan fingerprint density at radius 2 is 2.11 bits per heavy atom. The molecule has 0 bridgehead atoms. The summed E-state index contributed by atoms with van der Waals surface area (Å²) in [6.07, 6.45) is 0. The van der Waals surface area contributed by atoms with Gasteiger partial charge in [-0.3, -0.25) is 14.9 Å². The number of carbonyl (C=O) groups excluding carboxylic acids is 3. The van der Waals surface area contributed by atoms with Gasteiger partial charge in [-0.1, -0.05) is 17.7 Å². The first-order valence-corrected chi connectivity index (χ1v) is 5.11. The Morgan fingerprint density at radius 1 is 1.44 bits per heavy atom. The molecule has 0 aliphatic carbocycles. The molecule has 4 amide bonds. The molecule has 7 heteroatoms. The van der Waals surface area contributed by atoms with E-state index in [-0.39, 0.29) is 5.56 Å². The maximum atomic E-state index is 11.7. The monoisotopic (exact) mass is 249 g/mol. The topological polar surface area (TPSA) is 122 Å². The number of fused-ring (bicyclic) bond motifs is 1. The number of amides is 4. The van der Waals surface area contributed by atoms with E-state index in [9.17, 15) is 19.5 Å². The minimum absolute atomic E-state index is 0.103. The first-order valence-electron chi connectivity index (χ1n) is 5.11. The number of rotatable bonds is 1. The Balaban J connectivity index is 2.51. The number of hydrogen-bond acceptors (Lipinski definition) is 4. The molecule has 0 spiro atoms. The van der Waals surface area contributed by atoms with Gasteiger partial charge in [-0.05, 0) is 13.0 Å². The highest BCUT2D eigenvalue weighted by Crippen LogP contribution is 2.36. The van der Waals surface area contributed by atoms with E-state index in [1.54, 1.807) is 24.4 Å². The van der Waals surface area contributed by atoms with Gasteiger partial charge in [-0.15, -0.1) is 0 Å². The number of aryl methyl sites for hydroxylation is 1. The van der Waals surface area contributed by atoms with Crippen molar-refractivity contribution in [2.45, 2.75) is 12.5 Å². The number of urea groups is 1. The fourth-order valence-electron chi connectivity index (χ4n) is 1.83. The van der Waals surface area contributed by atoms with Crippen molar-refractivity contribution in [3.05, 3.63) is 29.3 Å². The van der Waals surface area contributed by atoms with Crippen LogP contribution in [0.1, 0.15) is 11.1 Å². The van der Waals surface area contributed by atoms with Crippen molar-refractivity contribution in [2.75, 3.05) is 5.32 Å². The zero-order valence-electron chi connectivity index (χ0n) is 9.48. The van der Waals surface area contributed by atoms with Gasteiger partial charge >= 0.3 is 6.03 Å². The summed E-state index contributed by atoms with van der Waals surface area (Å²) >= 11 is 0.